The van der Waals surface area contributed by atoms with Crippen molar-refractivity contribution in [3.05, 3.63) is 78.9 Å². The Balaban J connectivity index is 1.52. The maximum atomic E-state index is 10.3. The van der Waals surface area contributed by atoms with E-state index in [0.717, 1.165) is 32.9 Å². The lowest BCUT2D eigenvalue weighted by Gasteiger charge is -2.11. The molecule has 2 heterocycles. The highest BCUT2D eigenvalue weighted by molar-refractivity contribution is 6.10. The number of ether oxygens (including phenoxy) is 1. The lowest BCUT2D eigenvalue weighted by atomic mass is 10.1. The van der Waals surface area contributed by atoms with Crippen LogP contribution in [0.5, 0.6) is 11.8 Å². The number of rotatable bonds is 4. The predicted molar refractivity (Wildman–Crippen MR) is 133 cm³/mol. The molecule has 166 valence electrons. The van der Waals surface area contributed by atoms with Gasteiger partial charge >= 0.3 is 6.01 Å². The van der Waals surface area contributed by atoms with Crippen molar-refractivity contribution in [2.75, 3.05) is 0 Å². The van der Waals surface area contributed by atoms with Gasteiger partial charge in [-0.15, -0.1) is 0 Å². The molecule has 0 saturated carbocycles. The Labute approximate surface area is 195 Å². The summed E-state index contributed by atoms with van der Waals surface area (Å²) in [4.78, 5) is 13.6. The number of hydrogen-bond acceptors (Lipinski definition) is 6. The van der Waals surface area contributed by atoms with Crippen LogP contribution in [0, 0.1) is 0 Å². The summed E-state index contributed by atoms with van der Waals surface area (Å²) in [6.45, 7) is 3.82. The van der Waals surface area contributed by atoms with E-state index in [9.17, 15) is 5.11 Å². The van der Waals surface area contributed by atoms with E-state index in [0.29, 0.717) is 17.2 Å². The molecule has 0 aliphatic rings. The fraction of sp³-hybridized carbons (Fsp3) is 0.107. The van der Waals surface area contributed by atoms with Crippen LogP contribution in [0.3, 0.4) is 0 Å². The van der Waals surface area contributed by atoms with Gasteiger partial charge < -0.3 is 14.3 Å². The lowest BCUT2D eigenvalue weighted by molar-refractivity contribution is 0.222. The smallest absolute Gasteiger partial charge is 0.320 e. The van der Waals surface area contributed by atoms with E-state index in [4.69, 9.17) is 9.15 Å². The van der Waals surface area contributed by atoms with Gasteiger partial charge in [-0.05, 0) is 61.0 Å². The van der Waals surface area contributed by atoms with Crippen molar-refractivity contribution in [2.24, 2.45) is 0 Å². The molecular formula is C28H21N3O3. The molecule has 0 amide bonds. The first-order chi connectivity index (χ1) is 16.5. The highest BCUT2D eigenvalue weighted by Gasteiger charge is 2.16. The molecule has 4 aromatic carbocycles. The van der Waals surface area contributed by atoms with Crippen LogP contribution in [-0.2, 0) is 0 Å². The topological polar surface area (TPSA) is 81.3 Å². The average molecular weight is 447 g/mol. The molecule has 0 spiro atoms. The van der Waals surface area contributed by atoms with Crippen LogP contribution in [0.25, 0.3) is 55.5 Å². The van der Waals surface area contributed by atoms with Gasteiger partial charge in [-0.25, -0.2) is 4.98 Å². The molecule has 0 unspecified atom stereocenters. The monoisotopic (exact) mass is 447 g/mol. The van der Waals surface area contributed by atoms with E-state index in [1.165, 1.54) is 5.39 Å². The normalized spacial score (nSPS) is 11.6. The fourth-order valence-electron chi connectivity index (χ4n) is 4.13. The van der Waals surface area contributed by atoms with Gasteiger partial charge in [0.2, 0.25) is 0 Å². The third-order valence-electron chi connectivity index (χ3n) is 5.70. The number of aromatic hydroxyl groups is 1. The van der Waals surface area contributed by atoms with Gasteiger partial charge in [0.15, 0.2) is 11.6 Å². The van der Waals surface area contributed by atoms with E-state index in [-0.39, 0.29) is 17.9 Å². The van der Waals surface area contributed by atoms with Gasteiger partial charge in [0, 0.05) is 16.3 Å². The number of nitrogens with zero attached hydrogens (tertiary/aromatic N) is 3. The molecular weight excluding hydrogens is 426 g/mol. The van der Waals surface area contributed by atoms with Gasteiger partial charge in [0.05, 0.1) is 11.7 Å². The minimum atomic E-state index is -0.112. The molecule has 1 N–H and O–H groups in total. The fourth-order valence-corrected chi connectivity index (χ4v) is 4.13. The number of aromatic nitrogens is 3. The van der Waals surface area contributed by atoms with Crippen molar-refractivity contribution in [2.45, 2.75) is 20.0 Å². The van der Waals surface area contributed by atoms with Crippen LogP contribution < -0.4 is 4.74 Å². The number of furan rings is 1. The van der Waals surface area contributed by atoms with Crippen molar-refractivity contribution in [1.29, 1.82) is 0 Å². The Hall–Kier alpha value is -4.45. The van der Waals surface area contributed by atoms with Crippen LogP contribution in [0.1, 0.15) is 13.8 Å². The zero-order valence-corrected chi connectivity index (χ0v) is 18.7. The Morgan fingerprint density at radius 1 is 0.735 bits per heavy atom. The zero-order chi connectivity index (χ0) is 23.2. The van der Waals surface area contributed by atoms with E-state index < -0.39 is 0 Å². The number of para-hydroxylation sites is 1. The highest BCUT2D eigenvalue weighted by atomic mass is 16.5. The average Bonchev–Trinajstić information content (AvgIpc) is 3.18. The van der Waals surface area contributed by atoms with Crippen molar-refractivity contribution in [3.63, 3.8) is 0 Å². The third kappa shape index (κ3) is 3.49. The largest absolute Gasteiger partial charge is 0.507 e. The predicted octanol–water partition coefficient (Wildman–Crippen LogP) is 6.75. The minimum Gasteiger partial charge on any atom is -0.507 e. The van der Waals surface area contributed by atoms with E-state index in [2.05, 4.69) is 39.2 Å². The third-order valence-corrected chi connectivity index (χ3v) is 5.70. The summed E-state index contributed by atoms with van der Waals surface area (Å²) in [6, 6.07) is 25.5. The lowest BCUT2D eigenvalue weighted by Crippen LogP contribution is -2.10. The first-order valence-corrected chi connectivity index (χ1v) is 11.1. The van der Waals surface area contributed by atoms with Crippen LogP contribution in [0.15, 0.2) is 83.3 Å². The highest BCUT2D eigenvalue weighted by Crippen LogP contribution is 2.35. The summed E-state index contributed by atoms with van der Waals surface area (Å²) in [5, 5.41) is 14.7. The molecule has 6 nitrogen and oxygen atoms in total. The molecule has 2 aromatic heterocycles. The van der Waals surface area contributed by atoms with Crippen molar-refractivity contribution in [1.82, 2.24) is 15.0 Å². The second kappa shape index (κ2) is 7.85. The number of fused-ring (bicyclic) bond motifs is 4. The van der Waals surface area contributed by atoms with Crippen LogP contribution in [-0.4, -0.2) is 26.2 Å². The first kappa shape index (κ1) is 20.2. The summed E-state index contributed by atoms with van der Waals surface area (Å²) in [5.41, 5.74) is 2.86. The Morgan fingerprint density at radius 3 is 2.24 bits per heavy atom. The molecule has 0 fully saturated rings. The quantitative estimate of drug-likeness (QED) is 0.322. The minimum absolute atomic E-state index is 0.0925. The second-order valence-electron chi connectivity index (χ2n) is 8.46. The molecule has 0 aliphatic carbocycles. The summed E-state index contributed by atoms with van der Waals surface area (Å²) >= 11 is 0. The Morgan fingerprint density at radius 2 is 1.44 bits per heavy atom. The molecule has 0 atom stereocenters. The molecule has 0 bridgehead atoms. The van der Waals surface area contributed by atoms with Crippen LogP contribution in [0.4, 0.5) is 0 Å². The maximum Gasteiger partial charge on any atom is 0.320 e. The Kier molecular flexibility index (Phi) is 4.66. The number of hydrogen-bond donors (Lipinski definition) is 1. The number of benzene rings is 4. The van der Waals surface area contributed by atoms with Gasteiger partial charge in [-0.1, -0.05) is 42.5 Å². The second-order valence-corrected chi connectivity index (χ2v) is 8.46. The molecule has 34 heavy (non-hydrogen) atoms. The van der Waals surface area contributed by atoms with Gasteiger partial charge in [0.25, 0.3) is 0 Å². The summed E-state index contributed by atoms with van der Waals surface area (Å²) < 4.78 is 12.0. The molecule has 0 saturated heterocycles. The molecule has 6 rings (SSSR count). The van der Waals surface area contributed by atoms with E-state index in [1.807, 2.05) is 50.2 Å². The summed E-state index contributed by atoms with van der Waals surface area (Å²) in [6.07, 6.45) is -0.112. The summed E-state index contributed by atoms with van der Waals surface area (Å²) in [7, 11) is 0. The van der Waals surface area contributed by atoms with Crippen LogP contribution >= 0.6 is 0 Å². The molecule has 0 radical (unpaired) electrons. The Bertz CT molecular complexity index is 1690. The number of phenolic OH excluding ortho intramolecular Hbond substituents is 1. The molecule has 0 aliphatic heterocycles. The first-order valence-electron chi connectivity index (χ1n) is 11.1. The van der Waals surface area contributed by atoms with E-state index >= 15 is 0 Å². The molecule has 6 heteroatoms. The van der Waals surface area contributed by atoms with Gasteiger partial charge in [0.1, 0.15) is 16.9 Å². The maximum absolute atomic E-state index is 10.3. The van der Waals surface area contributed by atoms with Gasteiger partial charge in [-0.3, -0.25) is 0 Å². The SMILES string of the molecule is CC(C)Oc1nc(-c2ccc3c(c2)oc2cc4ccccc4cc23)nc(-c2ccccc2O)n1. The van der Waals surface area contributed by atoms with E-state index in [1.54, 1.807) is 18.2 Å². The molecule has 6 aromatic rings. The summed E-state index contributed by atoms with van der Waals surface area (Å²) in [5.74, 6) is 0.876. The number of phenols is 1. The van der Waals surface area contributed by atoms with Crippen molar-refractivity contribution < 1.29 is 14.3 Å². The zero-order valence-electron chi connectivity index (χ0n) is 18.7. The van der Waals surface area contributed by atoms with Crippen molar-refractivity contribution >= 4 is 32.7 Å². The van der Waals surface area contributed by atoms with Gasteiger partial charge in [-0.2, -0.15) is 9.97 Å². The van der Waals surface area contributed by atoms with Crippen molar-refractivity contribution in [3.8, 4) is 34.5 Å². The standard InChI is InChI=1S/C28H21N3O3/c1-16(2)33-28-30-26(29-27(31-28)21-9-5-6-10-23(21)32)19-11-12-20-22-13-17-7-3-4-8-18(17)14-25(22)34-24(20)15-19/h3-16,32H,1-2H3. The van der Waals surface area contributed by atoms with Crippen LogP contribution in [0.2, 0.25) is 0 Å².